The number of anilines is 3. The maximum Gasteiger partial charge on any atom is 0.0475 e. The van der Waals surface area contributed by atoms with E-state index in [9.17, 15) is 0 Å². The van der Waals surface area contributed by atoms with Gasteiger partial charge in [0.2, 0.25) is 0 Å². The van der Waals surface area contributed by atoms with Crippen LogP contribution in [0.3, 0.4) is 0 Å². The molecule has 0 atom stereocenters. The Morgan fingerprint density at radius 3 is 1.44 bits per heavy atom. The Kier molecular flexibility index (Phi) is 8.09. The van der Waals surface area contributed by atoms with Crippen molar-refractivity contribution in [3.8, 4) is 44.5 Å². The van der Waals surface area contributed by atoms with E-state index in [1.54, 1.807) is 0 Å². The highest BCUT2D eigenvalue weighted by atomic mass is 32.1. The van der Waals surface area contributed by atoms with Gasteiger partial charge < -0.3 is 4.90 Å². The Morgan fingerprint density at radius 2 is 0.778 bits per heavy atom. The van der Waals surface area contributed by atoms with Crippen molar-refractivity contribution >= 4 is 59.3 Å². The van der Waals surface area contributed by atoms with Crippen LogP contribution in [-0.4, -0.2) is 0 Å². The van der Waals surface area contributed by atoms with Gasteiger partial charge in [-0.25, -0.2) is 0 Å². The lowest BCUT2D eigenvalue weighted by Gasteiger charge is -2.27. The van der Waals surface area contributed by atoms with Gasteiger partial charge in [0.15, 0.2) is 0 Å². The predicted octanol–water partition coefficient (Wildman–Crippen LogP) is 15.3. The zero-order valence-corrected chi connectivity index (χ0v) is 30.4. The normalized spacial score (nSPS) is 11.3. The van der Waals surface area contributed by atoms with Gasteiger partial charge in [-0.1, -0.05) is 170 Å². The minimum atomic E-state index is 1.11. The number of rotatable bonds is 7. The molecular formula is C52H35NS. The van der Waals surface area contributed by atoms with Crippen molar-refractivity contribution in [1.82, 2.24) is 0 Å². The van der Waals surface area contributed by atoms with Crippen molar-refractivity contribution in [2.24, 2.45) is 0 Å². The van der Waals surface area contributed by atoms with Gasteiger partial charge in [0.1, 0.15) is 0 Å². The highest BCUT2D eigenvalue weighted by Gasteiger charge is 2.19. The Balaban J connectivity index is 1.15. The molecule has 10 aromatic rings. The van der Waals surface area contributed by atoms with E-state index in [0.29, 0.717) is 0 Å². The molecule has 54 heavy (non-hydrogen) atoms. The van der Waals surface area contributed by atoms with Crippen LogP contribution in [0.2, 0.25) is 0 Å². The van der Waals surface area contributed by atoms with Gasteiger partial charge in [0.25, 0.3) is 0 Å². The lowest BCUT2D eigenvalue weighted by molar-refractivity contribution is 1.29. The first-order chi connectivity index (χ1) is 26.8. The summed E-state index contributed by atoms with van der Waals surface area (Å²) in [6.07, 6.45) is 0. The molecule has 0 aliphatic carbocycles. The molecule has 2 heteroatoms. The maximum absolute atomic E-state index is 2.41. The first-order valence-corrected chi connectivity index (χ1v) is 19.2. The summed E-state index contributed by atoms with van der Waals surface area (Å²) in [6, 6.07) is 77.1. The van der Waals surface area contributed by atoms with Crippen molar-refractivity contribution in [3.05, 3.63) is 212 Å². The molecule has 0 saturated carbocycles. The molecular weight excluding hydrogens is 671 g/mol. The molecule has 0 aliphatic rings. The van der Waals surface area contributed by atoms with Crippen LogP contribution in [0.5, 0.6) is 0 Å². The van der Waals surface area contributed by atoms with Gasteiger partial charge in [-0.05, 0) is 92.2 Å². The van der Waals surface area contributed by atoms with E-state index in [2.05, 4.69) is 217 Å². The van der Waals surface area contributed by atoms with E-state index in [1.165, 1.54) is 75.5 Å². The molecule has 0 saturated heterocycles. The molecule has 9 aromatic carbocycles. The molecule has 10 rings (SSSR count). The topological polar surface area (TPSA) is 3.24 Å². The van der Waals surface area contributed by atoms with E-state index in [4.69, 9.17) is 0 Å². The highest BCUT2D eigenvalue weighted by molar-refractivity contribution is 7.26. The van der Waals surface area contributed by atoms with Crippen LogP contribution in [0, 0.1) is 0 Å². The standard InChI is InChI=1S/C52H35NS/c1-3-12-36(13-4-1)38-22-24-42(25-23-38)49-34-45(35-50-48-19-9-10-21-51(48)54-52(49)50)53(43-30-26-39(27-31-43)37-14-5-2-6-15-37)44-32-28-41(29-33-44)47-20-11-17-40-16-7-8-18-46(40)47/h1-35H. The second kappa shape index (κ2) is 13.7. The quantitative estimate of drug-likeness (QED) is 0.160. The monoisotopic (exact) mass is 705 g/mol. The number of nitrogens with zero attached hydrogens (tertiary/aromatic N) is 1. The molecule has 0 radical (unpaired) electrons. The van der Waals surface area contributed by atoms with Crippen LogP contribution in [0.4, 0.5) is 17.1 Å². The first-order valence-electron chi connectivity index (χ1n) is 18.4. The molecule has 0 aliphatic heterocycles. The highest BCUT2D eigenvalue weighted by Crippen LogP contribution is 2.46. The molecule has 1 aromatic heterocycles. The molecule has 0 unspecified atom stereocenters. The van der Waals surface area contributed by atoms with Crippen LogP contribution in [-0.2, 0) is 0 Å². The van der Waals surface area contributed by atoms with Crippen LogP contribution in [0.25, 0.3) is 75.5 Å². The van der Waals surface area contributed by atoms with Gasteiger partial charge in [-0.2, -0.15) is 0 Å². The van der Waals surface area contributed by atoms with Gasteiger partial charge in [-0.15, -0.1) is 11.3 Å². The minimum absolute atomic E-state index is 1.11. The number of benzene rings is 9. The average molecular weight is 706 g/mol. The third-order valence-electron chi connectivity index (χ3n) is 10.5. The van der Waals surface area contributed by atoms with Crippen LogP contribution in [0.1, 0.15) is 0 Å². The second-order valence-electron chi connectivity index (χ2n) is 13.7. The minimum Gasteiger partial charge on any atom is -0.310 e. The van der Waals surface area contributed by atoms with Crippen molar-refractivity contribution in [3.63, 3.8) is 0 Å². The Hall–Kier alpha value is -6.74. The maximum atomic E-state index is 2.41. The molecule has 254 valence electrons. The van der Waals surface area contributed by atoms with Gasteiger partial charge in [0.05, 0.1) is 0 Å². The Labute approximate surface area is 319 Å². The zero-order valence-electron chi connectivity index (χ0n) is 29.6. The van der Waals surface area contributed by atoms with Gasteiger partial charge >= 0.3 is 0 Å². The van der Waals surface area contributed by atoms with E-state index < -0.39 is 0 Å². The van der Waals surface area contributed by atoms with Crippen molar-refractivity contribution in [2.45, 2.75) is 0 Å². The summed E-state index contributed by atoms with van der Waals surface area (Å²) in [4.78, 5) is 2.41. The summed E-state index contributed by atoms with van der Waals surface area (Å²) in [6.45, 7) is 0. The number of hydrogen-bond acceptors (Lipinski definition) is 2. The summed E-state index contributed by atoms with van der Waals surface area (Å²) in [5.74, 6) is 0. The molecule has 0 fully saturated rings. The largest absolute Gasteiger partial charge is 0.310 e. The van der Waals surface area contributed by atoms with E-state index in [0.717, 1.165) is 17.1 Å². The van der Waals surface area contributed by atoms with Crippen molar-refractivity contribution < 1.29 is 0 Å². The van der Waals surface area contributed by atoms with Gasteiger partial charge in [-0.3, -0.25) is 0 Å². The predicted molar refractivity (Wildman–Crippen MR) is 233 cm³/mol. The lowest BCUT2D eigenvalue weighted by Crippen LogP contribution is -2.10. The van der Waals surface area contributed by atoms with Crippen molar-refractivity contribution in [1.29, 1.82) is 0 Å². The molecule has 0 bridgehead atoms. The summed E-state index contributed by atoms with van der Waals surface area (Å²) < 4.78 is 2.60. The average Bonchev–Trinajstić information content (AvgIpc) is 3.63. The number of thiophene rings is 1. The molecule has 0 amide bonds. The van der Waals surface area contributed by atoms with E-state index in [-0.39, 0.29) is 0 Å². The summed E-state index contributed by atoms with van der Waals surface area (Å²) >= 11 is 1.88. The van der Waals surface area contributed by atoms with E-state index in [1.807, 2.05) is 11.3 Å². The fraction of sp³-hybridized carbons (Fsp3) is 0. The van der Waals surface area contributed by atoms with Gasteiger partial charge in [0, 0.05) is 42.8 Å². The van der Waals surface area contributed by atoms with Crippen LogP contribution in [0.15, 0.2) is 212 Å². The first kappa shape index (κ1) is 32.0. The van der Waals surface area contributed by atoms with Crippen LogP contribution >= 0.6 is 11.3 Å². The fourth-order valence-electron chi connectivity index (χ4n) is 7.78. The summed E-state index contributed by atoms with van der Waals surface area (Å²) in [7, 11) is 0. The smallest absolute Gasteiger partial charge is 0.0475 e. The molecule has 1 nitrogen and oxygen atoms in total. The fourth-order valence-corrected chi connectivity index (χ4v) is 9.00. The lowest BCUT2D eigenvalue weighted by atomic mass is 9.97. The molecule has 0 spiro atoms. The van der Waals surface area contributed by atoms with Crippen LogP contribution < -0.4 is 4.90 Å². The third-order valence-corrected chi connectivity index (χ3v) is 11.7. The molecule has 0 N–H and O–H groups in total. The zero-order chi connectivity index (χ0) is 35.8. The Morgan fingerprint density at radius 1 is 0.296 bits per heavy atom. The number of hydrogen-bond donors (Lipinski definition) is 0. The van der Waals surface area contributed by atoms with Crippen molar-refractivity contribution in [2.75, 3.05) is 4.90 Å². The Bertz CT molecular complexity index is 2880. The third kappa shape index (κ3) is 5.84. The summed E-state index contributed by atoms with van der Waals surface area (Å²) in [5, 5.41) is 5.07. The SMILES string of the molecule is c1ccc(-c2ccc(-c3cc(N(c4ccc(-c5ccccc5)cc4)c4ccc(-c5cccc6ccccc56)cc4)cc4c3sc3ccccc34)cc2)cc1. The second-order valence-corrected chi connectivity index (χ2v) is 14.8. The number of fused-ring (bicyclic) bond motifs is 4. The van der Waals surface area contributed by atoms with E-state index >= 15 is 0 Å². The molecule has 1 heterocycles. The summed E-state index contributed by atoms with van der Waals surface area (Å²) in [5.41, 5.74) is 13.1.